The summed E-state index contributed by atoms with van der Waals surface area (Å²) in [5, 5.41) is 10.8. The van der Waals surface area contributed by atoms with Gasteiger partial charge in [0.25, 0.3) is 5.56 Å². The predicted molar refractivity (Wildman–Crippen MR) is 113 cm³/mol. The number of methoxy groups -OCH3 is 1. The van der Waals surface area contributed by atoms with Gasteiger partial charge in [0.15, 0.2) is 6.10 Å². The second kappa shape index (κ2) is 7.57. The minimum Gasteiger partial charge on any atom is -0.508 e. The van der Waals surface area contributed by atoms with Crippen LogP contribution in [0.3, 0.4) is 0 Å². The van der Waals surface area contributed by atoms with Crippen LogP contribution in [-0.2, 0) is 33.8 Å². The van der Waals surface area contributed by atoms with Crippen molar-refractivity contribution < 1.29 is 19.4 Å². The number of hydrogen-bond donors (Lipinski definition) is 1. The van der Waals surface area contributed by atoms with Gasteiger partial charge in [-0.15, -0.1) is 0 Å². The lowest BCUT2D eigenvalue weighted by Crippen LogP contribution is -2.27. The van der Waals surface area contributed by atoms with Gasteiger partial charge in [0.1, 0.15) is 12.4 Å². The SMILES string of the molecule is CCc1c2c(nc3ccc(O)cc13)-c1cc(C)c(COC(=O)[C@@H](C)OC)c(=O)n1C2. The van der Waals surface area contributed by atoms with Crippen LogP contribution in [0.1, 0.15) is 36.1 Å². The number of ether oxygens (including phenoxy) is 2. The van der Waals surface area contributed by atoms with E-state index in [1.807, 2.05) is 13.0 Å². The Morgan fingerprint density at radius 3 is 2.77 bits per heavy atom. The van der Waals surface area contributed by atoms with Crippen LogP contribution in [0.5, 0.6) is 5.75 Å². The van der Waals surface area contributed by atoms with Gasteiger partial charge in [0.05, 0.1) is 29.0 Å². The number of pyridine rings is 2. The van der Waals surface area contributed by atoms with E-state index in [2.05, 4.69) is 6.92 Å². The van der Waals surface area contributed by atoms with E-state index in [1.54, 1.807) is 29.7 Å². The molecular formula is C23H24N2O5. The maximum Gasteiger partial charge on any atom is 0.335 e. The molecule has 4 rings (SSSR count). The number of rotatable bonds is 5. The van der Waals surface area contributed by atoms with Crippen molar-refractivity contribution >= 4 is 16.9 Å². The van der Waals surface area contributed by atoms with Crippen molar-refractivity contribution in [3.8, 4) is 17.1 Å². The molecule has 1 aliphatic rings. The Bertz CT molecular complexity index is 1230. The number of aryl methyl sites for hydroxylation is 2. The van der Waals surface area contributed by atoms with E-state index in [-0.39, 0.29) is 17.9 Å². The molecule has 2 aromatic heterocycles. The molecular weight excluding hydrogens is 384 g/mol. The maximum atomic E-state index is 13.2. The van der Waals surface area contributed by atoms with Crippen molar-refractivity contribution in [1.82, 2.24) is 9.55 Å². The highest BCUT2D eigenvalue weighted by Gasteiger charge is 2.27. The van der Waals surface area contributed by atoms with Gasteiger partial charge in [0.2, 0.25) is 0 Å². The first kappa shape index (κ1) is 20.1. The number of carbonyl (C=O) groups is 1. The first-order valence-electron chi connectivity index (χ1n) is 9.93. The fourth-order valence-electron chi connectivity index (χ4n) is 4.00. The summed E-state index contributed by atoms with van der Waals surface area (Å²) >= 11 is 0. The zero-order chi connectivity index (χ0) is 21.6. The van der Waals surface area contributed by atoms with Gasteiger partial charge < -0.3 is 19.1 Å². The van der Waals surface area contributed by atoms with Gasteiger partial charge in [-0.05, 0) is 55.7 Å². The standard InChI is InChI=1S/C23H24N2O5/c1-5-15-16-9-14(26)6-7-19(16)24-21-17(15)10-25-20(21)8-12(2)18(22(25)27)11-30-23(28)13(3)29-4/h6-9,13,26H,5,10-11H2,1-4H3/t13-/m1/s1. The van der Waals surface area contributed by atoms with Crippen molar-refractivity contribution in [2.24, 2.45) is 0 Å². The maximum absolute atomic E-state index is 13.2. The quantitative estimate of drug-likeness (QED) is 0.511. The van der Waals surface area contributed by atoms with E-state index >= 15 is 0 Å². The summed E-state index contributed by atoms with van der Waals surface area (Å²) < 4.78 is 11.9. The van der Waals surface area contributed by atoms with Crippen molar-refractivity contribution in [1.29, 1.82) is 0 Å². The number of fused-ring (bicyclic) bond motifs is 4. The molecule has 0 saturated carbocycles. The third-order valence-corrected chi connectivity index (χ3v) is 5.77. The van der Waals surface area contributed by atoms with Crippen LogP contribution >= 0.6 is 0 Å². The molecule has 156 valence electrons. The highest BCUT2D eigenvalue weighted by Crippen LogP contribution is 2.37. The van der Waals surface area contributed by atoms with Crippen LogP contribution < -0.4 is 5.56 Å². The average Bonchev–Trinajstić information content (AvgIpc) is 3.09. The monoisotopic (exact) mass is 408 g/mol. The summed E-state index contributed by atoms with van der Waals surface area (Å²) in [4.78, 5) is 30.0. The molecule has 3 heterocycles. The van der Waals surface area contributed by atoms with Crippen molar-refractivity contribution in [3.05, 3.63) is 56.9 Å². The molecule has 0 amide bonds. The number of aromatic nitrogens is 2. The first-order chi connectivity index (χ1) is 14.3. The molecule has 30 heavy (non-hydrogen) atoms. The number of phenols is 1. The Balaban J connectivity index is 1.80. The number of nitrogens with zero attached hydrogens (tertiary/aromatic N) is 2. The Morgan fingerprint density at radius 1 is 1.30 bits per heavy atom. The summed E-state index contributed by atoms with van der Waals surface area (Å²) in [5.41, 5.74) is 5.43. The zero-order valence-corrected chi connectivity index (χ0v) is 17.5. The molecule has 0 radical (unpaired) electrons. The van der Waals surface area contributed by atoms with Crippen LogP contribution in [0, 0.1) is 6.92 Å². The fraction of sp³-hybridized carbons (Fsp3) is 0.348. The molecule has 0 unspecified atom stereocenters. The Morgan fingerprint density at radius 2 is 2.07 bits per heavy atom. The molecule has 3 aromatic rings. The lowest BCUT2D eigenvalue weighted by Gasteiger charge is -2.13. The van der Waals surface area contributed by atoms with Crippen LogP contribution in [0.15, 0.2) is 29.1 Å². The lowest BCUT2D eigenvalue weighted by molar-refractivity contribution is -0.155. The van der Waals surface area contributed by atoms with Crippen molar-refractivity contribution in [2.45, 2.75) is 46.4 Å². The summed E-state index contributed by atoms with van der Waals surface area (Å²) in [6.45, 7) is 5.79. The zero-order valence-electron chi connectivity index (χ0n) is 17.5. The molecule has 1 N–H and O–H groups in total. The molecule has 0 fully saturated rings. The summed E-state index contributed by atoms with van der Waals surface area (Å²) in [7, 11) is 1.43. The van der Waals surface area contributed by atoms with Gasteiger partial charge in [-0.3, -0.25) is 4.79 Å². The van der Waals surface area contributed by atoms with Gasteiger partial charge in [0, 0.05) is 18.1 Å². The van der Waals surface area contributed by atoms with E-state index in [1.165, 1.54) is 7.11 Å². The third-order valence-electron chi connectivity index (χ3n) is 5.77. The molecule has 7 heteroatoms. The molecule has 7 nitrogen and oxygen atoms in total. The second-order valence-electron chi connectivity index (χ2n) is 7.54. The number of hydrogen-bond acceptors (Lipinski definition) is 6. The van der Waals surface area contributed by atoms with Crippen LogP contribution in [0.2, 0.25) is 0 Å². The van der Waals surface area contributed by atoms with Crippen LogP contribution in [0.25, 0.3) is 22.3 Å². The van der Waals surface area contributed by atoms with Crippen molar-refractivity contribution in [3.63, 3.8) is 0 Å². The molecule has 0 bridgehead atoms. The smallest absolute Gasteiger partial charge is 0.335 e. The third kappa shape index (κ3) is 3.15. The van der Waals surface area contributed by atoms with Gasteiger partial charge in [-0.2, -0.15) is 0 Å². The highest BCUT2D eigenvalue weighted by atomic mass is 16.6. The second-order valence-corrected chi connectivity index (χ2v) is 7.54. The summed E-state index contributed by atoms with van der Waals surface area (Å²) in [6.07, 6.45) is 0.0678. The molecule has 1 aliphatic heterocycles. The molecule has 1 atom stereocenters. The van der Waals surface area contributed by atoms with E-state index in [0.717, 1.165) is 45.4 Å². The largest absolute Gasteiger partial charge is 0.508 e. The Kier molecular flexibility index (Phi) is 5.07. The highest BCUT2D eigenvalue weighted by molar-refractivity contribution is 5.89. The Labute approximate surface area is 173 Å². The van der Waals surface area contributed by atoms with E-state index in [4.69, 9.17) is 14.5 Å². The number of carbonyl (C=O) groups excluding carboxylic acids is 1. The molecule has 0 spiro atoms. The van der Waals surface area contributed by atoms with Gasteiger partial charge in [-0.25, -0.2) is 9.78 Å². The van der Waals surface area contributed by atoms with E-state index < -0.39 is 12.1 Å². The minimum absolute atomic E-state index is 0.0995. The van der Waals surface area contributed by atoms with Gasteiger partial charge in [-0.1, -0.05) is 6.92 Å². The van der Waals surface area contributed by atoms with Crippen molar-refractivity contribution in [2.75, 3.05) is 7.11 Å². The predicted octanol–water partition coefficient (Wildman–Crippen LogP) is 3.08. The molecule has 0 saturated heterocycles. The average molecular weight is 408 g/mol. The van der Waals surface area contributed by atoms with Gasteiger partial charge >= 0.3 is 5.97 Å². The lowest BCUT2D eigenvalue weighted by atomic mass is 9.98. The molecule has 0 aliphatic carbocycles. The number of esters is 1. The Hall–Kier alpha value is -3.19. The number of phenolic OH excluding ortho intramolecular Hbond substituents is 1. The fourth-order valence-corrected chi connectivity index (χ4v) is 4.00. The topological polar surface area (TPSA) is 90.7 Å². The molecule has 1 aromatic carbocycles. The van der Waals surface area contributed by atoms with E-state index in [0.29, 0.717) is 12.1 Å². The van der Waals surface area contributed by atoms with E-state index in [9.17, 15) is 14.7 Å². The van der Waals surface area contributed by atoms with Crippen LogP contribution in [0.4, 0.5) is 0 Å². The summed E-state index contributed by atoms with van der Waals surface area (Å²) in [6, 6.07) is 7.06. The first-order valence-corrected chi connectivity index (χ1v) is 9.93. The summed E-state index contributed by atoms with van der Waals surface area (Å²) in [5.74, 6) is -0.317. The number of benzene rings is 1. The number of aromatic hydroxyl groups is 1. The van der Waals surface area contributed by atoms with Crippen LogP contribution in [-0.4, -0.2) is 33.8 Å². The minimum atomic E-state index is -0.688. The normalized spacial score (nSPS) is 13.2.